The summed E-state index contributed by atoms with van der Waals surface area (Å²) in [5.41, 5.74) is 4.74. The maximum absolute atomic E-state index is 12.4. The zero-order valence-electron chi connectivity index (χ0n) is 15.0. The van der Waals surface area contributed by atoms with Crippen molar-refractivity contribution in [2.45, 2.75) is 18.9 Å². The summed E-state index contributed by atoms with van der Waals surface area (Å²) in [6.45, 7) is 1.10. The number of hydrogen-bond donors (Lipinski definition) is 1. The van der Waals surface area contributed by atoms with Crippen molar-refractivity contribution in [2.24, 2.45) is 5.92 Å². The van der Waals surface area contributed by atoms with Gasteiger partial charge in [-0.1, -0.05) is 18.2 Å². The summed E-state index contributed by atoms with van der Waals surface area (Å²) in [4.78, 5) is 30.4. The van der Waals surface area contributed by atoms with Crippen LogP contribution in [0, 0.1) is 5.92 Å². The van der Waals surface area contributed by atoms with Crippen LogP contribution in [-0.4, -0.2) is 42.1 Å². The van der Waals surface area contributed by atoms with Gasteiger partial charge in [0.2, 0.25) is 0 Å². The van der Waals surface area contributed by atoms with Gasteiger partial charge in [0.25, 0.3) is 0 Å². The Morgan fingerprint density at radius 3 is 2.96 bits per heavy atom. The van der Waals surface area contributed by atoms with E-state index in [-0.39, 0.29) is 30.5 Å². The largest absolute Gasteiger partial charge is 0.466 e. The lowest BCUT2D eigenvalue weighted by atomic mass is 9.79. The van der Waals surface area contributed by atoms with Gasteiger partial charge in [-0.25, -0.2) is 9.59 Å². The van der Waals surface area contributed by atoms with Gasteiger partial charge in [0, 0.05) is 40.8 Å². The minimum atomic E-state index is -0.388. The van der Waals surface area contributed by atoms with Crippen molar-refractivity contribution < 1.29 is 19.1 Å². The number of H-pyrrole nitrogens is 1. The third-order valence-electron chi connectivity index (χ3n) is 5.89. The van der Waals surface area contributed by atoms with E-state index in [9.17, 15) is 9.59 Å². The predicted octanol–water partition coefficient (Wildman–Crippen LogP) is 2.63. The van der Waals surface area contributed by atoms with Crippen LogP contribution < -0.4 is 0 Å². The van der Waals surface area contributed by atoms with Crippen LogP contribution in [-0.2, 0) is 25.5 Å². The number of aromatic amines is 1. The van der Waals surface area contributed by atoms with Crippen LogP contribution in [0.5, 0.6) is 0 Å². The Balaban J connectivity index is 1.61. The standard InChI is InChI=1S/C21H20N2O4/c1-26-20(24)16-11-23-8-6-13-12-4-2-3-5-17(12)22-19(13)18(23)10-15(16)14-7-9-27-21(14)25/h2-5,7,11,15,18,22H,6,8-10H2,1H3. The molecular formula is C21H20N2O4. The lowest BCUT2D eigenvalue weighted by Gasteiger charge is -2.41. The van der Waals surface area contributed by atoms with Crippen LogP contribution in [0.2, 0.25) is 0 Å². The second kappa shape index (κ2) is 6.01. The maximum Gasteiger partial charge on any atom is 0.335 e. The molecule has 6 nitrogen and oxygen atoms in total. The Bertz CT molecular complexity index is 1020. The van der Waals surface area contributed by atoms with Gasteiger partial charge in [-0.05, 0) is 30.5 Å². The normalized spacial score (nSPS) is 24.0. The highest BCUT2D eigenvalue weighted by atomic mass is 16.5. The third kappa shape index (κ3) is 2.40. The summed E-state index contributed by atoms with van der Waals surface area (Å²) in [7, 11) is 1.37. The highest BCUT2D eigenvalue weighted by Crippen LogP contribution is 2.45. The number of esters is 2. The van der Waals surface area contributed by atoms with Crippen molar-refractivity contribution in [3.63, 3.8) is 0 Å². The van der Waals surface area contributed by atoms with Gasteiger partial charge in [-0.3, -0.25) is 0 Å². The molecule has 0 bridgehead atoms. The fourth-order valence-corrected chi connectivity index (χ4v) is 4.63. The molecule has 0 fully saturated rings. The van der Waals surface area contributed by atoms with Crippen LogP contribution in [0.25, 0.3) is 10.9 Å². The van der Waals surface area contributed by atoms with Crippen LogP contribution in [0.1, 0.15) is 23.7 Å². The molecule has 138 valence electrons. The quantitative estimate of drug-likeness (QED) is 0.830. The molecule has 0 aliphatic carbocycles. The molecule has 0 amide bonds. The van der Waals surface area contributed by atoms with E-state index < -0.39 is 0 Å². The first kappa shape index (κ1) is 16.2. The molecule has 0 spiro atoms. The SMILES string of the molecule is COC(=O)C1=CN2CCc3c([nH]c4ccccc34)C2CC1C1=CCOC1=O. The molecule has 3 aliphatic rings. The fourth-order valence-electron chi connectivity index (χ4n) is 4.63. The van der Waals surface area contributed by atoms with Crippen molar-refractivity contribution >= 4 is 22.8 Å². The predicted molar refractivity (Wildman–Crippen MR) is 98.7 cm³/mol. The molecule has 2 unspecified atom stereocenters. The molecule has 6 heteroatoms. The van der Waals surface area contributed by atoms with E-state index in [4.69, 9.17) is 9.47 Å². The van der Waals surface area contributed by atoms with Crippen LogP contribution in [0.3, 0.4) is 0 Å². The molecule has 5 rings (SSSR count). The van der Waals surface area contributed by atoms with Crippen molar-refractivity contribution in [2.75, 3.05) is 20.3 Å². The Kier molecular flexibility index (Phi) is 3.60. The first-order valence-corrected chi connectivity index (χ1v) is 9.20. The van der Waals surface area contributed by atoms with Crippen LogP contribution in [0.4, 0.5) is 0 Å². The molecule has 3 aliphatic heterocycles. The maximum atomic E-state index is 12.4. The monoisotopic (exact) mass is 364 g/mol. The van der Waals surface area contributed by atoms with Gasteiger partial charge in [0.15, 0.2) is 0 Å². The minimum absolute atomic E-state index is 0.0915. The average Bonchev–Trinajstić information content (AvgIpc) is 3.29. The number of para-hydroxylation sites is 1. The number of fused-ring (bicyclic) bond motifs is 5. The van der Waals surface area contributed by atoms with E-state index in [1.54, 1.807) is 6.08 Å². The molecule has 2 atom stereocenters. The van der Waals surface area contributed by atoms with Gasteiger partial charge in [0.1, 0.15) is 6.61 Å². The number of methoxy groups -OCH3 is 1. The topological polar surface area (TPSA) is 71.6 Å². The molecule has 1 N–H and O–H groups in total. The Morgan fingerprint density at radius 2 is 2.19 bits per heavy atom. The number of nitrogens with one attached hydrogen (secondary N) is 1. The highest BCUT2D eigenvalue weighted by molar-refractivity contribution is 5.97. The number of benzene rings is 1. The van der Waals surface area contributed by atoms with Gasteiger partial charge in [0.05, 0.1) is 18.7 Å². The minimum Gasteiger partial charge on any atom is -0.466 e. The lowest BCUT2D eigenvalue weighted by Crippen LogP contribution is -2.39. The van der Waals surface area contributed by atoms with E-state index in [0.29, 0.717) is 17.6 Å². The van der Waals surface area contributed by atoms with E-state index in [0.717, 1.165) is 18.5 Å². The van der Waals surface area contributed by atoms with Crippen molar-refractivity contribution in [3.8, 4) is 0 Å². The molecule has 0 radical (unpaired) electrons. The molecule has 1 aromatic heterocycles. The molecule has 4 heterocycles. The van der Waals surface area contributed by atoms with Gasteiger partial charge >= 0.3 is 11.9 Å². The number of rotatable bonds is 2. The van der Waals surface area contributed by atoms with Crippen LogP contribution >= 0.6 is 0 Å². The van der Waals surface area contributed by atoms with E-state index in [1.807, 2.05) is 12.3 Å². The smallest absolute Gasteiger partial charge is 0.335 e. The first-order valence-electron chi connectivity index (χ1n) is 9.20. The number of hydrogen-bond acceptors (Lipinski definition) is 5. The number of carbonyl (C=O) groups is 2. The number of aromatic nitrogens is 1. The van der Waals surface area contributed by atoms with Gasteiger partial charge < -0.3 is 19.4 Å². The molecule has 2 aromatic rings. The molecule has 0 saturated heterocycles. The van der Waals surface area contributed by atoms with E-state index in [1.165, 1.54) is 23.8 Å². The fraction of sp³-hybridized carbons (Fsp3) is 0.333. The van der Waals surface area contributed by atoms with E-state index >= 15 is 0 Å². The summed E-state index contributed by atoms with van der Waals surface area (Å²) < 4.78 is 10.1. The van der Waals surface area contributed by atoms with Gasteiger partial charge in [-0.2, -0.15) is 0 Å². The summed E-state index contributed by atoms with van der Waals surface area (Å²) in [5.74, 6) is -1.04. The van der Waals surface area contributed by atoms with Crippen molar-refractivity contribution in [1.82, 2.24) is 9.88 Å². The van der Waals surface area contributed by atoms with E-state index in [2.05, 4.69) is 28.1 Å². The van der Waals surface area contributed by atoms with Crippen molar-refractivity contribution in [3.05, 3.63) is 58.9 Å². The lowest BCUT2D eigenvalue weighted by molar-refractivity contribution is -0.137. The number of cyclic esters (lactones) is 1. The number of carbonyl (C=O) groups excluding carboxylic acids is 2. The Labute approximate surface area is 156 Å². The van der Waals surface area contributed by atoms with Gasteiger partial charge in [-0.15, -0.1) is 0 Å². The summed E-state index contributed by atoms with van der Waals surface area (Å²) >= 11 is 0. The second-order valence-corrected chi connectivity index (χ2v) is 7.19. The first-order chi connectivity index (χ1) is 13.2. The highest BCUT2D eigenvalue weighted by Gasteiger charge is 2.41. The summed E-state index contributed by atoms with van der Waals surface area (Å²) in [5, 5.41) is 1.26. The van der Waals surface area contributed by atoms with Crippen LogP contribution in [0.15, 0.2) is 47.7 Å². The zero-order chi connectivity index (χ0) is 18.5. The third-order valence-corrected chi connectivity index (χ3v) is 5.89. The molecule has 1 aromatic carbocycles. The molecule has 0 saturated carbocycles. The number of ether oxygens (including phenoxy) is 2. The molecule has 27 heavy (non-hydrogen) atoms. The molecular weight excluding hydrogens is 344 g/mol. The Hall–Kier alpha value is -3.02. The zero-order valence-corrected chi connectivity index (χ0v) is 15.0. The summed E-state index contributed by atoms with van der Waals surface area (Å²) in [6.07, 6.45) is 5.22. The van der Waals surface area contributed by atoms with Crippen molar-refractivity contribution in [1.29, 1.82) is 0 Å². The Morgan fingerprint density at radius 1 is 1.33 bits per heavy atom. The number of nitrogens with zero attached hydrogens (tertiary/aromatic N) is 1. The summed E-state index contributed by atoms with van der Waals surface area (Å²) in [6, 6.07) is 8.41. The second-order valence-electron chi connectivity index (χ2n) is 7.19. The average molecular weight is 364 g/mol.